The minimum Gasteiger partial charge on any atom is -0.371 e. The van der Waals surface area contributed by atoms with Crippen LogP contribution in [0.5, 0.6) is 0 Å². The van der Waals surface area contributed by atoms with Gasteiger partial charge in [-0.1, -0.05) is 27.7 Å². The summed E-state index contributed by atoms with van der Waals surface area (Å²) in [6.45, 7) is 19.1. The zero-order chi connectivity index (χ0) is 14.6. The predicted octanol–water partition coefficient (Wildman–Crippen LogP) is 2.79. The van der Waals surface area contributed by atoms with Crippen molar-refractivity contribution in [2.75, 3.05) is 13.1 Å². The summed E-state index contributed by atoms with van der Waals surface area (Å²) >= 11 is 0. The van der Waals surface area contributed by atoms with E-state index in [1.54, 1.807) is 0 Å². The first kappa shape index (κ1) is 17.9. The lowest BCUT2D eigenvalue weighted by Crippen LogP contribution is -2.47. The highest BCUT2D eigenvalue weighted by Gasteiger charge is 2.24. The third-order valence-corrected chi connectivity index (χ3v) is 3.67. The first-order valence-electron chi connectivity index (χ1n) is 7.10. The summed E-state index contributed by atoms with van der Waals surface area (Å²) in [5, 5.41) is 3.47. The fourth-order valence-electron chi connectivity index (χ4n) is 1.58. The summed E-state index contributed by atoms with van der Waals surface area (Å²) in [6.07, 6.45) is 0.0691. The van der Waals surface area contributed by atoms with Crippen molar-refractivity contribution in [3.05, 3.63) is 0 Å². The number of rotatable bonds is 7. The molecule has 0 amide bonds. The first-order valence-corrected chi connectivity index (χ1v) is 7.10. The van der Waals surface area contributed by atoms with E-state index in [4.69, 9.17) is 10.5 Å². The highest BCUT2D eigenvalue weighted by molar-refractivity contribution is 4.79. The molecule has 0 bridgehead atoms. The van der Waals surface area contributed by atoms with E-state index in [0.29, 0.717) is 11.3 Å². The third-order valence-electron chi connectivity index (χ3n) is 3.67. The molecule has 0 unspecified atom stereocenters. The molecule has 0 spiro atoms. The van der Waals surface area contributed by atoms with Gasteiger partial charge in [0, 0.05) is 19.1 Å². The van der Waals surface area contributed by atoms with Gasteiger partial charge in [-0.2, -0.15) is 0 Å². The Morgan fingerprint density at radius 2 is 1.56 bits per heavy atom. The molecule has 0 aliphatic carbocycles. The Labute approximate surface area is 114 Å². The lowest BCUT2D eigenvalue weighted by molar-refractivity contribution is -0.0610. The maximum atomic E-state index is 6.14. The molecular formula is C15H34N2O. The quantitative estimate of drug-likeness (QED) is 0.738. The second-order valence-corrected chi connectivity index (χ2v) is 7.37. The van der Waals surface area contributed by atoms with Gasteiger partial charge in [0.15, 0.2) is 0 Å². The second kappa shape index (κ2) is 6.88. The van der Waals surface area contributed by atoms with Crippen molar-refractivity contribution in [3.63, 3.8) is 0 Å². The van der Waals surface area contributed by atoms with E-state index in [-0.39, 0.29) is 17.7 Å². The van der Waals surface area contributed by atoms with Crippen molar-refractivity contribution in [2.45, 2.75) is 73.1 Å². The Balaban J connectivity index is 4.01. The molecule has 3 N–H and O–H groups in total. The van der Waals surface area contributed by atoms with Crippen molar-refractivity contribution in [3.8, 4) is 0 Å². The maximum Gasteiger partial charge on any atom is 0.0717 e. The molecule has 3 nitrogen and oxygen atoms in total. The van der Waals surface area contributed by atoms with E-state index in [9.17, 15) is 0 Å². The normalized spacial score (nSPS) is 17.0. The van der Waals surface area contributed by atoms with Crippen LogP contribution in [-0.2, 0) is 4.74 Å². The molecule has 110 valence electrons. The Kier molecular flexibility index (Phi) is 6.83. The third kappa shape index (κ3) is 7.34. The summed E-state index contributed by atoms with van der Waals surface area (Å²) in [5.74, 6) is 0.657. The summed E-state index contributed by atoms with van der Waals surface area (Å²) in [5.41, 5.74) is 6.31. The van der Waals surface area contributed by atoms with Crippen molar-refractivity contribution in [1.82, 2.24) is 5.32 Å². The fraction of sp³-hybridized carbons (Fsp3) is 1.00. The summed E-state index contributed by atoms with van der Waals surface area (Å²) in [6, 6.07) is 0.0344. The highest BCUT2D eigenvalue weighted by atomic mass is 16.5. The summed E-state index contributed by atoms with van der Waals surface area (Å²) < 4.78 is 5.86. The number of nitrogens with two attached hydrogens (primary N) is 1. The highest BCUT2D eigenvalue weighted by Crippen LogP contribution is 2.24. The molecule has 2 atom stereocenters. The molecule has 0 rings (SSSR count). The number of hydrogen-bond donors (Lipinski definition) is 2. The number of nitrogens with one attached hydrogen (secondary N) is 1. The van der Waals surface area contributed by atoms with Gasteiger partial charge in [0.2, 0.25) is 0 Å². The van der Waals surface area contributed by atoms with Crippen LogP contribution in [0.25, 0.3) is 0 Å². The minimum absolute atomic E-state index is 0.0344. The maximum absolute atomic E-state index is 6.14. The van der Waals surface area contributed by atoms with Gasteiger partial charge >= 0.3 is 0 Å². The average molecular weight is 258 g/mol. The number of ether oxygens (including phenoxy) is 1. The van der Waals surface area contributed by atoms with Gasteiger partial charge < -0.3 is 15.8 Å². The van der Waals surface area contributed by atoms with Crippen LogP contribution < -0.4 is 11.1 Å². The van der Waals surface area contributed by atoms with Crippen LogP contribution in [0.15, 0.2) is 0 Å². The van der Waals surface area contributed by atoms with Crippen LogP contribution >= 0.6 is 0 Å². The van der Waals surface area contributed by atoms with Crippen molar-refractivity contribution in [2.24, 2.45) is 17.1 Å². The van der Waals surface area contributed by atoms with Gasteiger partial charge in [-0.25, -0.2) is 0 Å². The van der Waals surface area contributed by atoms with Crippen LogP contribution in [0, 0.1) is 11.3 Å². The van der Waals surface area contributed by atoms with E-state index in [1.807, 2.05) is 6.92 Å². The molecule has 0 aliphatic rings. The van der Waals surface area contributed by atoms with Gasteiger partial charge in [-0.15, -0.1) is 0 Å². The van der Waals surface area contributed by atoms with Gasteiger partial charge in [0.05, 0.1) is 11.7 Å². The second-order valence-electron chi connectivity index (χ2n) is 7.37. The topological polar surface area (TPSA) is 47.3 Å². The molecule has 0 aromatic heterocycles. The lowest BCUT2D eigenvalue weighted by Gasteiger charge is -2.32. The summed E-state index contributed by atoms with van der Waals surface area (Å²) in [7, 11) is 0. The molecule has 0 saturated carbocycles. The van der Waals surface area contributed by atoms with Crippen molar-refractivity contribution >= 4 is 0 Å². The Morgan fingerprint density at radius 3 is 1.94 bits per heavy atom. The van der Waals surface area contributed by atoms with Crippen molar-refractivity contribution in [1.29, 1.82) is 0 Å². The average Bonchev–Trinajstić information content (AvgIpc) is 2.14. The van der Waals surface area contributed by atoms with Crippen LogP contribution in [0.1, 0.15) is 55.4 Å². The molecule has 0 aromatic rings. The monoisotopic (exact) mass is 258 g/mol. The molecular weight excluding hydrogens is 224 g/mol. The Morgan fingerprint density at radius 1 is 1.06 bits per heavy atom. The molecule has 0 saturated heterocycles. The van der Waals surface area contributed by atoms with E-state index >= 15 is 0 Å². The minimum atomic E-state index is -0.131. The first-order chi connectivity index (χ1) is 7.96. The van der Waals surface area contributed by atoms with Crippen molar-refractivity contribution < 1.29 is 4.74 Å². The van der Waals surface area contributed by atoms with E-state index in [2.05, 4.69) is 53.8 Å². The van der Waals surface area contributed by atoms with Crippen LogP contribution in [0.3, 0.4) is 0 Å². The zero-order valence-electron chi connectivity index (χ0n) is 13.6. The standard InChI is InChI=1S/C15H34N2O/c1-11(2)15(7,8)10-17-9-13(16)12(3)18-14(4,5)6/h11-13,17H,9-10,16H2,1-8H3/t12-,13-/m1/s1. The van der Waals surface area contributed by atoms with Gasteiger partial charge in [0.25, 0.3) is 0 Å². The number of hydrogen-bond acceptors (Lipinski definition) is 3. The molecule has 0 aliphatic heterocycles. The summed E-state index contributed by atoms with van der Waals surface area (Å²) in [4.78, 5) is 0. The predicted molar refractivity (Wildman–Crippen MR) is 79.8 cm³/mol. The largest absolute Gasteiger partial charge is 0.371 e. The molecule has 0 aromatic carbocycles. The zero-order valence-corrected chi connectivity index (χ0v) is 13.6. The lowest BCUT2D eigenvalue weighted by atomic mass is 9.81. The van der Waals surface area contributed by atoms with Gasteiger partial charge in [-0.3, -0.25) is 0 Å². The molecule has 0 heterocycles. The van der Waals surface area contributed by atoms with E-state index in [1.165, 1.54) is 0 Å². The SMILES string of the molecule is CC(C)C(C)(C)CNC[C@@H](N)[C@@H](C)OC(C)(C)C. The smallest absolute Gasteiger partial charge is 0.0717 e. The van der Waals surface area contributed by atoms with Crippen LogP contribution in [0.2, 0.25) is 0 Å². The molecule has 0 radical (unpaired) electrons. The van der Waals surface area contributed by atoms with Crippen LogP contribution in [0.4, 0.5) is 0 Å². The molecule has 0 fully saturated rings. The van der Waals surface area contributed by atoms with Gasteiger partial charge in [-0.05, 0) is 39.0 Å². The molecule has 18 heavy (non-hydrogen) atoms. The molecule has 3 heteroatoms. The Bertz CT molecular complexity index is 231. The Hall–Kier alpha value is -0.120. The van der Waals surface area contributed by atoms with Gasteiger partial charge in [0.1, 0.15) is 0 Å². The van der Waals surface area contributed by atoms with E-state index < -0.39 is 0 Å². The fourth-order valence-corrected chi connectivity index (χ4v) is 1.58. The van der Waals surface area contributed by atoms with E-state index in [0.717, 1.165) is 13.1 Å². The van der Waals surface area contributed by atoms with Crippen LogP contribution in [-0.4, -0.2) is 30.8 Å².